The molecule has 27 heavy (non-hydrogen) atoms. The Labute approximate surface area is 152 Å². The van der Waals surface area contributed by atoms with Crippen LogP contribution in [0.5, 0.6) is 0 Å². The molecule has 0 amide bonds. The summed E-state index contributed by atoms with van der Waals surface area (Å²) in [6.07, 6.45) is 2.20. The lowest BCUT2D eigenvalue weighted by atomic mass is 10.1. The Morgan fingerprint density at radius 1 is 1.04 bits per heavy atom. The van der Waals surface area contributed by atoms with Crippen molar-refractivity contribution in [2.45, 2.75) is 6.18 Å². The Morgan fingerprint density at radius 2 is 1.81 bits per heavy atom. The molecule has 8 heteroatoms. The van der Waals surface area contributed by atoms with Crippen molar-refractivity contribution in [1.82, 2.24) is 19.6 Å². The highest BCUT2D eigenvalue weighted by molar-refractivity contribution is 5.78. The molecule has 0 saturated carbocycles. The van der Waals surface area contributed by atoms with Crippen LogP contribution >= 0.6 is 0 Å². The van der Waals surface area contributed by atoms with Gasteiger partial charge in [0.2, 0.25) is 0 Å². The molecule has 0 aliphatic carbocycles. The summed E-state index contributed by atoms with van der Waals surface area (Å²) >= 11 is 0. The molecule has 1 aromatic carbocycles. The van der Waals surface area contributed by atoms with Gasteiger partial charge in [0.25, 0.3) is 0 Å². The number of pyridine rings is 1. The first-order valence-corrected chi connectivity index (χ1v) is 8.09. The van der Waals surface area contributed by atoms with Gasteiger partial charge in [0.15, 0.2) is 5.65 Å². The zero-order valence-corrected chi connectivity index (χ0v) is 14.2. The van der Waals surface area contributed by atoms with Crippen LogP contribution in [-0.2, 0) is 6.18 Å². The molecular formula is C19H14F3N5. The summed E-state index contributed by atoms with van der Waals surface area (Å²) in [6, 6.07) is 10.6. The molecule has 5 nitrogen and oxygen atoms in total. The maximum atomic E-state index is 13.0. The third-order valence-electron chi connectivity index (χ3n) is 4.25. The van der Waals surface area contributed by atoms with Crippen LogP contribution in [-0.4, -0.2) is 26.6 Å². The van der Waals surface area contributed by atoms with Crippen LogP contribution in [0.3, 0.4) is 0 Å². The molecule has 0 bridgehead atoms. The minimum absolute atomic E-state index is 0.413. The number of hydrogen-bond donors (Lipinski definition) is 0. The molecule has 0 saturated heterocycles. The number of alkyl halides is 3. The number of anilines is 2. The molecule has 136 valence electrons. The zero-order chi connectivity index (χ0) is 19.0. The third-order valence-corrected chi connectivity index (χ3v) is 4.25. The Morgan fingerprint density at radius 3 is 2.56 bits per heavy atom. The Bertz CT molecular complexity index is 1090. The van der Waals surface area contributed by atoms with Gasteiger partial charge in [0, 0.05) is 36.9 Å². The molecule has 0 atom stereocenters. The van der Waals surface area contributed by atoms with E-state index in [1.807, 2.05) is 24.1 Å². The van der Waals surface area contributed by atoms with Crippen molar-refractivity contribution in [2.24, 2.45) is 0 Å². The second kappa shape index (κ2) is 6.39. The monoisotopic (exact) mass is 369 g/mol. The quantitative estimate of drug-likeness (QED) is 0.530. The summed E-state index contributed by atoms with van der Waals surface area (Å²) in [4.78, 5) is 10.5. The predicted octanol–water partition coefficient (Wildman–Crippen LogP) is 4.58. The molecule has 0 spiro atoms. The Balaban J connectivity index is 1.80. The number of fused-ring (bicyclic) bond motifs is 1. The van der Waals surface area contributed by atoms with E-state index in [2.05, 4.69) is 15.1 Å². The van der Waals surface area contributed by atoms with Crippen molar-refractivity contribution in [2.75, 3.05) is 11.9 Å². The second-order valence-corrected chi connectivity index (χ2v) is 5.96. The van der Waals surface area contributed by atoms with Crippen molar-refractivity contribution in [3.05, 3.63) is 72.8 Å². The molecule has 0 fully saturated rings. The van der Waals surface area contributed by atoms with Crippen molar-refractivity contribution in [1.29, 1.82) is 0 Å². The lowest BCUT2D eigenvalue weighted by molar-refractivity contribution is -0.137. The fourth-order valence-electron chi connectivity index (χ4n) is 2.81. The smallest absolute Gasteiger partial charge is 0.329 e. The van der Waals surface area contributed by atoms with Gasteiger partial charge in [-0.25, -0.2) is 9.50 Å². The topological polar surface area (TPSA) is 46.3 Å². The van der Waals surface area contributed by atoms with Gasteiger partial charge < -0.3 is 4.90 Å². The highest BCUT2D eigenvalue weighted by Crippen LogP contribution is 2.33. The molecule has 0 unspecified atom stereocenters. The minimum atomic E-state index is -4.40. The average molecular weight is 369 g/mol. The summed E-state index contributed by atoms with van der Waals surface area (Å²) < 4.78 is 40.6. The van der Waals surface area contributed by atoms with E-state index in [4.69, 9.17) is 0 Å². The molecule has 4 rings (SSSR count). The lowest BCUT2D eigenvalue weighted by Crippen LogP contribution is -2.11. The van der Waals surface area contributed by atoms with Gasteiger partial charge in [0.05, 0.1) is 11.8 Å². The van der Waals surface area contributed by atoms with E-state index in [9.17, 15) is 13.2 Å². The summed E-state index contributed by atoms with van der Waals surface area (Å²) in [6.45, 7) is 0. The van der Waals surface area contributed by atoms with Gasteiger partial charge in [-0.3, -0.25) is 4.98 Å². The SMILES string of the molecule is CN(c1ccncc1)c1ccn2ncc(-c3cccc(C(F)(F)F)c3)c2n1. The van der Waals surface area contributed by atoms with Gasteiger partial charge in [-0.2, -0.15) is 18.3 Å². The van der Waals surface area contributed by atoms with Crippen molar-refractivity contribution in [3.8, 4) is 11.1 Å². The Hall–Kier alpha value is -3.42. The van der Waals surface area contributed by atoms with E-state index in [1.54, 1.807) is 35.2 Å². The molecular weight excluding hydrogens is 355 g/mol. The van der Waals surface area contributed by atoms with E-state index in [0.29, 0.717) is 22.6 Å². The first-order valence-electron chi connectivity index (χ1n) is 8.09. The van der Waals surface area contributed by atoms with Crippen LogP contribution in [0.25, 0.3) is 16.8 Å². The maximum absolute atomic E-state index is 13.0. The number of halogens is 3. The number of nitrogens with zero attached hydrogens (tertiary/aromatic N) is 5. The van der Waals surface area contributed by atoms with Crippen molar-refractivity contribution < 1.29 is 13.2 Å². The first-order chi connectivity index (χ1) is 12.9. The van der Waals surface area contributed by atoms with Crippen LogP contribution in [0.4, 0.5) is 24.7 Å². The van der Waals surface area contributed by atoms with Crippen LogP contribution in [0.2, 0.25) is 0 Å². The van der Waals surface area contributed by atoms with Crippen molar-refractivity contribution in [3.63, 3.8) is 0 Å². The van der Waals surface area contributed by atoms with E-state index in [-0.39, 0.29) is 0 Å². The van der Waals surface area contributed by atoms with Gasteiger partial charge >= 0.3 is 6.18 Å². The van der Waals surface area contributed by atoms with Crippen LogP contribution < -0.4 is 4.90 Å². The van der Waals surface area contributed by atoms with Crippen LogP contribution in [0, 0.1) is 0 Å². The molecule has 3 heterocycles. The van der Waals surface area contributed by atoms with Gasteiger partial charge in [-0.1, -0.05) is 12.1 Å². The largest absolute Gasteiger partial charge is 0.416 e. The fraction of sp³-hybridized carbons (Fsp3) is 0.105. The summed E-state index contributed by atoms with van der Waals surface area (Å²) in [5.41, 5.74) is 1.61. The molecule has 0 N–H and O–H groups in total. The minimum Gasteiger partial charge on any atom is -0.329 e. The molecule has 0 aliphatic heterocycles. The highest BCUT2D eigenvalue weighted by Gasteiger charge is 2.30. The van der Waals surface area contributed by atoms with E-state index < -0.39 is 11.7 Å². The lowest BCUT2D eigenvalue weighted by Gasteiger charge is -2.18. The molecule has 0 aliphatic rings. The number of benzene rings is 1. The van der Waals surface area contributed by atoms with E-state index in [1.165, 1.54) is 12.3 Å². The molecule has 4 aromatic rings. The average Bonchev–Trinajstić information content (AvgIpc) is 3.11. The summed E-state index contributed by atoms with van der Waals surface area (Å²) in [7, 11) is 1.86. The van der Waals surface area contributed by atoms with Crippen LogP contribution in [0.1, 0.15) is 5.56 Å². The summed E-state index contributed by atoms with van der Waals surface area (Å²) in [5.74, 6) is 0.641. The number of aromatic nitrogens is 4. The Kier molecular flexibility index (Phi) is 4.02. The van der Waals surface area contributed by atoms with Crippen LogP contribution in [0.15, 0.2) is 67.3 Å². The predicted molar refractivity (Wildman–Crippen MR) is 95.7 cm³/mol. The standard InChI is InChI=1S/C19H14F3N5/c1-26(15-5-8-23-9-6-15)17-7-10-27-18(25-17)16(12-24-27)13-3-2-4-14(11-13)19(20,21)22/h2-12H,1H3. The van der Waals surface area contributed by atoms with Gasteiger partial charge in [-0.05, 0) is 35.9 Å². The van der Waals surface area contributed by atoms with E-state index >= 15 is 0 Å². The first kappa shape index (κ1) is 17.0. The zero-order valence-electron chi connectivity index (χ0n) is 14.2. The highest BCUT2D eigenvalue weighted by atomic mass is 19.4. The molecule has 0 radical (unpaired) electrons. The molecule has 3 aromatic heterocycles. The fourth-order valence-corrected chi connectivity index (χ4v) is 2.81. The normalized spacial score (nSPS) is 11.7. The van der Waals surface area contributed by atoms with E-state index in [0.717, 1.165) is 17.8 Å². The van der Waals surface area contributed by atoms with Gasteiger partial charge in [-0.15, -0.1) is 0 Å². The third kappa shape index (κ3) is 3.21. The number of hydrogen-bond acceptors (Lipinski definition) is 4. The van der Waals surface area contributed by atoms with Crippen molar-refractivity contribution >= 4 is 17.2 Å². The second-order valence-electron chi connectivity index (χ2n) is 5.96. The van der Waals surface area contributed by atoms with Gasteiger partial charge in [0.1, 0.15) is 5.82 Å². The number of rotatable bonds is 3. The summed E-state index contributed by atoms with van der Waals surface area (Å²) in [5, 5.41) is 4.20. The maximum Gasteiger partial charge on any atom is 0.416 e.